The van der Waals surface area contributed by atoms with E-state index in [1.54, 1.807) is 6.08 Å². The fourth-order valence-electron chi connectivity index (χ4n) is 3.38. The lowest BCUT2D eigenvalue weighted by atomic mass is 9.93. The summed E-state index contributed by atoms with van der Waals surface area (Å²) in [6.45, 7) is 1.01. The number of nitro groups is 1. The molecule has 34 heavy (non-hydrogen) atoms. The van der Waals surface area contributed by atoms with Crippen LogP contribution in [0.3, 0.4) is 0 Å². The van der Waals surface area contributed by atoms with E-state index >= 15 is 0 Å². The molecule has 1 atom stereocenters. The molecule has 0 saturated heterocycles. The van der Waals surface area contributed by atoms with E-state index in [1.807, 2.05) is 18.2 Å². The number of nitrogens with zero attached hydrogens (tertiary/aromatic N) is 5. The molecule has 2 heterocycles. The van der Waals surface area contributed by atoms with Crippen molar-refractivity contribution in [2.75, 3.05) is 13.1 Å². The lowest BCUT2D eigenvalue weighted by molar-refractivity contribution is -0.384. The van der Waals surface area contributed by atoms with Crippen LogP contribution in [0.15, 0.2) is 74.7 Å². The molecule has 0 saturated carbocycles. The van der Waals surface area contributed by atoms with Gasteiger partial charge in [-0.25, -0.2) is 0 Å². The van der Waals surface area contributed by atoms with Crippen LogP contribution >= 0.6 is 0 Å². The molecule has 12 heteroatoms. The number of carbonyl (C=O) groups excluding carboxylic acids is 2. The van der Waals surface area contributed by atoms with E-state index in [0.717, 1.165) is 5.57 Å². The molecule has 0 bridgehead atoms. The Morgan fingerprint density at radius 2 is 1.97 bits per heavy atom. The zero-order chi connectivity index (χ0) is 23.9. The fourth-order valence-corrected chi connectivity index (χ4v) is 3.38. The summed E-state index contributed by atoms with van der Waals surface area (Å²) >= 11 is 0. The lowest BCUT2D eigenvalue weighted by Crippen LogP contribution is -2.28. The number of allylic oxidation sites excluding steroid dienone is 3. The highest BCUT2D eigenvalue weighted by Gasteiger charge is 2.26. The molecule has 12 nitrogen and oxygen atoms in total. The summed E-state index contributed by atoms with van der Waals surface area (Å²) in [4.78, 5) is 38.4. The summed E-state index contributed by atoms with van der Waals surface area (Å²) in [5, 5.41) is 28.2. The number of nitrogens with one attached hydrogen (secondary N) is 2. The number of benzene rings is 1. The lowest BCUT2D eigenvalue weighted by Gasteiger charge is -2.20. The molecule has 2 amide bonds. The van der Waals surface area contributed by atoms with Crippen LogP contribution in [0.25, 0.3) is 11.4 Å². The number of amides is 2. The average molecular weight is 463 g/mol. The van der Waals surface area contributed by atoms with Crippen LogP contribution in [-0.2, 0) is 16.0 Å². The van der Waals surface area contributed by atoms with Crippen LogP contribution in [0.1, 0.15) is 18.7 Å². The number of aryl methyl sites for hydroxylation is 1. The molecule has 1 aliphatic carbocycles. The summed E-state index contributed by atoms with van der Waals surface area (Å²) in [7, 11) is 0. The number of hydrogen-bond donors (Lipinski definition) is 2. The van der Waals surface area contributed by atoms with Crippen molar-refractivity contribution in [2.45, 2.75) is 19.3 Å². The van der Waals surface area contributed by atoms with Crippen LogP contribution in [0.5, 0.6) is 0 Å². The second kappa shape index (κ2) is 10.4. The van der Waals surface area contributed by atoms with Crippen molar-refractivity contribution in [1.82, 2.24) is 20.8 Å². The number of nitro benzene ring substituents is 1. The van der Waals surface area contributed by atoms with Crippen LogP contribution in [0, 0.1) is 16.0 Å². The minimum absolute atomic E-state index is 0.0258. The molecule has 0 fully saturated rings. The van der Waals surface area contributed by atoms with E-state index in [9.17, 15) is 19.7 Å². The Labute approximate surface area is 193 Å². The highest BCUT2D eigenvalue weighted by molar-refractivity contribution is 5.86. The Morgan fingerprint density at radius 3 is 2.76 bits per heavy atom. The quantitative estimate of drug-likeness (QED) is 0.308. The van der Waals surface area contributed by atoms with Gasteiger partial charge in [0.2, 0.25) is 17.6 Å². The van der Waals surface area contributed by atoms with E-state index in [0.29, 0.717) is 42.6 Å². The number of carbonyl (C=O) groups is 2. The molecule has 1 unspecified atom stereocenters. The van der Waals surface area contributed by atoms with Crippen molar-refractivity contribution >= 4 is 17.5 Å². The molecule has 1 aromatic heterocycles. The molecule has 0 radical (unpaired) electrons. The SMILES string of the molecule is O=C(CCc1nc(-c2ccc([N+](=O)[O-])cc2)no1)NCCCNC1=C2C=CC=CC2C(=O)N=N1. The largest absolute Gasteiger partial charge is 0.368 e. The third-order valence-corrected chi connectivity index (χ3v) is 5.15. The van der Waals surface area contributed by atoms with Crippen molar-refractivity contribution in [3.05, 3.63) is 76.0 Å². The number of rotatable bonds is 10. The molecule has 1 aliphatic heterocycles. The molecule has 2 aromatic rings. The summed E-state index contributed by atoms with van der Waals surface area (Å²) < 4.78 is 5.16. The second-order valence-electron chi connectivity index (χ2n) is 7.51. The van der Waals surface area contributed by atoms with Gasteiger partial charge in [0.05, 0.1) is 10.8 Å². The second-order valence-corrected chi connectivity index (χ2v) is 7.51. The first-order valence-corrected chi connectivity index (χ1v) is 10.6. The number of non-ortho nitro benzene ring substituents is 1. The van der Waals surface area contributed by atoms with Gasteiger partial charge in [0, 0.05) is 49.2 Å². The van der Waals surface area contributed by atoms with Gasteiger partial charge in [0.25, 0.3) is 11.6 Å². The monoisotopic (exact) mass is 463 g/mol. The van der Waals surface area contributed by atoms with E-state index in [4.69, 9.17) is 4.52 Å². The average Bonchev–Trinajstić information content (AvgIpc) is 3.33. The molecular weight excluding hydrogens is 442 g/mol. The van der Waals surface area contributed by atoms with Gasteiger partial charge in [-0.3, -0.25) is 19.7 Å². The van der Waals surface area contributed by atoms with Crippen molar-refractivity contribution < 1.29 is 19.0 Å². The van der Waals surface area contributed by atoms with Crippen molar-refractivity contribution in [3.63, 3.8) is 0 Å². The smallest absolute Gasteiger partial charge is 0.276 e. The van der Waals surface area contributed by atoms with Crippen molar-refractivity contribution in [3.8, 4) is 11.4 Å². The van der Waals surface area contributed by atoms with Gasteiger partial charge in [-0.05, 0) is 18.6 Å². The normalized spacial score (nSPS) is 16.5. The summed E-state index contributed by atoms with van der Waals surface area (Å²) in [6, 6.07) is 5.81. The molecule has 0 spiro atoms. The summed E-state index contributed by atoms with van der Waals surface area (Å²) in [6.07, 6.45) is 8.40. The Kier molecular flexibility index (Phi) is 6.96. The molecule has 2 N–H and O–H groups in total. The Balaban J connectivity index is 1.17. The Bertz CT molecular complexity index is 1210. The first-order valence-electron chi connectivity index (χ1n) is 10.6. The number of azo groups is 1. The third kappa shape index (κ3) is 5.46. The first-order chi connectivity index (χ1) is 16.5. The highest BCUT2D eigenvalue weighted by atomic mass is 16.6. The molecular formula is C22H21N7O5. The maximum atomic E-state index is 12.1. The van der Waals surface area contributed by atoms with Gasteiger partial charge in [0.15, 0.2) is 5.82 Å². The van der Waals surface area contributed by atoms with Crippen LogP contribution in [-0.4, -0.2) is 40.0 Å². The number of aromatic nitrogens is 2. The van der Waals surface area contributed by atoms with Gasteiger partial charge in [-0.1, -0.05) is 29.5 Å². The zero-order valence-corrected chi connectivity index (χ0v) is 18.0. The first kappa shape index (κ1) is 22.7. The number of fused-ring (bicyclic) bond motifs is 1. The molecule has 174 valence electrons. The minimum atomic E-state index is -0.484. The Morgan fingerprint density at radius 1 is 1.15 bits per heavy atom. The van der Waals surface area contributed by atoms with E-state index in [-0.39, 0.29) is 30.3 Å². The van der Waals surface area contributed by atoms with Gasteiger partial charge < -0.3 is 15.2 Å². The summed E-state index contributed by atoms with van der Waals surface area (Å²) in [5.41, 5.74) is 1.35. The predicted molar refractivity (Wildman–Crippen MR) is 119 cm³/mol. The van der Waals surface area contributed by atoms with Gasteiger partial charge in [0.1, 0.15) is 0 Å². The van der Waals surface area contributed by atoms with E-state index in [1.165, 1.54) is 24.3 Å². The fraction of sp³-hybridized carbons (Fsp3) is 0.273. The number of hydrogen-bond acceptors (Lipinski definition) is 9. The third-order valence-electron chi connectivity index (χ3n) is 5.15. The van der Waals surface area contributed by atoms with Crippen molar-refractivity contribution in [1.29, 1.82) is 0 Å². The predicted octanol–water partition coefficient (Wildman–Crippen LogP) is 2.62. The minimum Gasteiger partial charge on any atom is -0.368 e. The topological polar surface area (TPSA) is 165 Å². The van der Waals surface area contributed by atoms with E-state index in [2.05, 4.69) is 31.0 Å². The summed E-state index contributed by atoms with van der Waals surface area (Å²) in [5.74, 6) is 0.348. The zero-order valence-electron chi connectivity index (χ0n) is 18.0. The van der Waals surface area contributed by atoms with E-state index < -0.39 is 10.8 Å². The molecule has 4 rings (SSSR count). The maximum Gasteiger partial charge on any atom is 0.276 e. The highest BCUT2D eigenvalue weighted by Crippen LogP contribution is 2.27. The molecule has 1 aromatic carbocycles. The molecule has 2 aliphatic rings. The van der Waals surface area contributed by atoms with Crippen molar-refractivity contribution in [2.24, 2.45) is 16.1 Å². The van der Waals surface area contributed by atoms with Crippen LogP contribution in [0.2, 0.25) is 0 Å². The van der Waals surface area contributed by atoms with Gasteiger partial charge >= 0.3 is 0 Å². The van der Waals surface area contributed by atoms with Gasteiger partial charge in [-0.15, -0.1) is 10.2 Å². The van der Waals surface area contributed by atoms with Crippen LogP contribution in [0.4, 0.5) is 5.69 Å². The van der Waals surface area contributed by atoms with Gasteiger partial charge in [-0.2, -0.15) is 4.98 Å². The standard InChI is InChI=1S/C22H21N7O5/c30-18(10-11-19-25-20(28-34-19)14-6-8-15(9-7-14)29(32)33)23-12-3-13-24-21-16-4-1-2-5-17(16)22(31)27-26-21/h1-2,4-9,17,24H,3,10-13H2,(H,23,30). The van der Waals surface area contributed by atoms with Crippen LogP contribution < -0.4 is 10.6 Å². The Hall–Kier alpha value is -4.48. The maximum absolute atomic E-state index is 12.1.